The monoisotopic (exact) mass is 281 g/mol. The summed E-state index contributed by atoms with van der Waals surface area (Å²) in [5, 5.41) is 3.04. The first-order valence-electron chi connectivity index (χ1n) is 7.81. The van der Waals surface area contributed by atoms with E-state index in [1.807, 2.05) is 13.8 Å². The first-order chi connectivity index (χ1) is 9.46. The van der Waals surface area contributed by atoms with Crippen LogP contribution in [0.15, 0.2) is 0 Å². The summed E-state index contributed by atoms with van der Waals surface area (Å²) in [6, 6.07) is 0. The lowest BCUT2D eigenvalue weighted by Crippen LogP contribution is -2.74. The molecule has 5 nitrogen and oxygen atoms in total. The van der Waals surface area contributed by atoms with Crippen LogP contribution in [0.5, 0.6) is 0 Å². The topological polar surface area (TPSA) is 56.8 Å². The lowest BCUT2D eigenvalue weighted by molar-refractivity contribution is -0.538. The van der Waals surface area contributed by atoms with Crippen LogP contribution in [0, 0.1) is 23.7 Å². The van der Waals surface area contributed by atoms with E-state index in [1.54, 1.807) is 0 Å². The number of hydrogen-bond acceptors (Lipinski definition) is 4. The molecule has 7 atom stereocenters. The summed E-state index contributed by atoms with van der Waals surface area (Å²) in [5.41, 5.74) is -0.499. The van der Waals surface area contributed by atoms with Crippen molar-refractivity contribution in [2.75, 3.05) is 0 Å². The minimum absolute atomic E-state index is 0.0455. The first kappa shape index (κ1) is 13.0. The molecular formula is C15H23NO4. The molecule has 112 valence electrons. The van der Waals surface area contributed by atoms with E-state index >= 15 is 0 Å². The van der Waals surface area contributed by atoms with E-state index in [0.29, 0.717) is 11.8 Å². The van der Waals surface area contributed by atoms with Gasteiger partial charge in [-0.15, -0.1) is 0 Å². The lowest BCUT2D eigenvalue weighted by Gasteiger charge is -2.58. The van der Waals surface area contributed by atoms with Crippen molar-refractivity contribution in [2.45, 2.75) is 64.1 Å². The molecule has 5 rings (SSSR count). The fourth-order valence-electron chi connectivity index (χ4n) is 4.92. The number of carbonyl (C=O) groups excluding carboxylic acids is 1. The van der Waals surface area contributed by atoms with Gasteiger partial charge in [-0.2, -0.15) is 0 Å². The molecule has 0 aromatic heterocycles. The van der Waals surface area contributed by atoms with Crippen LogP contribution < -0.4 is 5.32 Å². The van der Waals surface area contributed by atoms with Gasteiger partial charge in [0.25, 0.3) is 0 Å². The Morgan fingerprint density at radius 1 is 1.15 bits per heavy atom. The molecular weight excluding hydrogens is 258 g/mol. The fourth-order valence-corrected chi connectivity index (χ4v) is 4.92. The Morgan fingerprint density at radius 3 is 2.75 bits per heavy atom. The highest BCUT2D eigenvalue weighted by Crippen LogP contribution is 2.58. The van der Waals surface area contributed by atoms with Crippen molar-refractivity contribution in [1.29, 1.82) is 0 Å². The molecule has 4 unspecified atom stereocenters. The van der Waals surface area contributed by atoms with Crippen molar-refractivity contribution in [1.82, 2.24) is 5.32 Å². The van der Waals surface area contributed by atoms with Gasteiger partial charge in [-0.25, -0.2) is 9.78 Å². The number of amides is 1. The molecule has 5 fully saturated rings. The molecule has 4 heterocycles. The van der Waals surface area contributed by atoms with Gasteiger partial charge in [0, 0.05) is 18.3 Å². The molecule has 5 aliphatic rings. The van der Waals surface area contributed by atoms with Crippen LogP contribution in [0.4, 0.5) is 0 Å². The van der Waals surface area contributed by atoms with Gasteiger partial charge < -0.3 is 10.1 Å². The minimum atomic E-state index is -0.731. The number of hydrogen-bond donors (Lipinski definition) is 1. The quantitative estimate of drug-likeness (QED) is 0.690. The molecule has 1 saturated carbocycles. The maximum atomic E-state index is 12.2. The third kappa shape index (κ3) is 1.46. The van der Waals surface area contributed by atoms with Crippen molar-refractivity contribution < 1.29 is 19.3 Å². The van der Waals surface area contributed by atoms with Crippen LogP contribution in [0.25, 0.3) is 0 Å². The molecule has 2 bridgehead atoms. The number of piperidine rings is 1. The largest absolute Gasteiger partial charge is 0.328 e. The van der Waals surface area contributed by atoms with E-state index in [0.717, 1.165) is 25.7 Å². The second-order valence-electron chi connectivity index (χ2n) is 7.26. The Kier molecular flexibility index (Phi) is 2.58. The maximum absolute atomic E-state index is 12.2. The Bertz CT molecular complexity index is 455. The molecule has 4 saturated heterocycles. The average molecular weight is 281 g/mol. The predicted molar refractivity (Wildman–Crippen MR) is 70.1 cm³/mol. The Morgan fingerprint density at radius 2 is 1.95 bits per heavy atom. The van der Waals surface area contributed by atoms with Crippen LogP contribution in [-0.2, 0) is 19.3 Å². The van der Waals surface area contributed by atoms with Gasteiger partial charge in [0.1, 0.15) is 0 Å². The van der Waals surface area contributed by atoms with Gasteiger partial charge in [-0.1, -0.05) is 13.8 Å². The molecule has 0 radical (unpaired) electrons. The number of ether oxygens (including phenoxy) is 1. The third-order valence-corrected chi connectivity index (χ3v) is 6.12. The molecule has 5 heteroatoms. The average Bonchev–Trinajstić information content (AvgIpc) is 2.63. The van der Waals surface area contributed by atoms with Crippen molar-refractivity contribution in [2.24, 2.45) is 23.7 Å². The second kappa shape index (κ2) is 3.96. The molecule has 1 N–H and O–H groups in total. The Labute approximate surface area is 119 Å². The van der Waals surface area contributed by atoms with Crippen LogP contribution in [0.3, 0.4) is 0 Å². The summed E-state index contributed by atoms with van der Waals surface area (Å²) < 4.78 is 6.12. The summed E-state index contributed by atoms with van der Waals surface area (Å²) in [6.07, 6.45) is 3.64. The van der Waals surface area contributed by atoms with Crippen molar-refractivity contribution in [3.05, 3.63) is 0 Å². The number of nitrogens with one attached hydrogen (secondary N) is 1. The van der Waals surface area contributed by atoms with Crippen LogP contribution in [-0.4, -0.2) is 23.5 Å². The van der Waals surface area contributed by atoms with Gasteiger partial charge in [-0.05, 0) is 38.0 Å². The van der Waals surface area contributed by atoms with Gasteiger partial charge in [0.15, 0.2) is 11.8 Å². The highest BCUT2D eigenvalue weighted by Gasteiger charge is 2.68. The molecule has 0 aromatic rings. The molecule has 1 aliphatic carbocycles. The van der Waals surface area contributed by atoms with Gasteiger partial charge in [-0.3, -0.25) is 4.79 Å². The third-order valence-electron chi connectivity index (χ3n) is 6.12. The summed E-state index contributed by atoms with van der Waals surface area (Å²) in [5.74, 6) is 0.452. The van der Waals surface area contributed by atoms with Crippen molar-refractivity contribution >= 4 is 5.91 Å². The van der Waals surface area contributed by atoms with Crippen molar-refractivity contribution in [3.63, 3.8) is 0 Å². The molecule has 1 spiro atoms. The van der Waals surface area contributed by atoms with E-state index in [-0.39, 0.29) is 24.0 Å². The van der Waals surface area contributed by atoms with E-state index in [4.69, 9.17) is 14.5 Å². The minimum Gasteiger partial charge on any atom is -0.328 e. The Balaban J connectivity index is 1.84. The van der Waals surface area contributed by atoms with E-state index in [9.17, 15) is 4.79 Å². The second-order valence-corrected chi connectivity index (χ2v) is 7.26. The van der Waals surface area contributed by atoms with Crippen LogP contribution >= 0.6 is 0 Å². The molecule has 20 heavy (non-hydrogen) atoms. The number of rotatable bonds is 0. The molecule has 4 aliphatic heterocycles. The highest BCUT2D eigenvalue weighted by molar-refractivity contribution is 5.80. The van der Waals surface area contributed by atoms with Gasteiger partial charge in [0.05, 0.1) is 0 Å². The summed E-state index contributed by atoms with van der Waals surface area (Å²) in [7, 11) is 0. The van der Waals surface area contributed by atoms with Crippen molar-refractivity contribution in [3.8, 4) is 0 Å². The summed E-state index contributed by atoms with van der Waals surface area (Å²) >= 11 is 0. The van der Waals surface area contributed by atoms with E-state index in [2.05, 4.69) is 12.2 Å². The highest BCUT2D eigenvalue weighted by atomic mass is 17.3. The normalized spacial score (nSPS) is 57.8. The zero-order valence-corrected chi connectivity index (χ0v) is 12.3. The standard InChI is InChI=1S/C15H23NO4/c1-8-4-5-11-9(2)12(17)16-13-15(11)10(8)6-7-14(3,18-13)19-20-15/h8-11,13H,4-7H2,1-3H3,(H,16,17)/t8?,9-,10?,11+,13?,14+,15?/m1/s1. The zero-order valence-electron chi connectivity index (χ0n) is 12.3. The molecule has 1 amide bonds. The van der Waals surface area contributed by atoms with E-state index in [1.165, 1.54) is 0 Å². The van der Waals surface area contributed by atoms with Gasteiger partial charge in [0.2, 0.25) is 11.7 Å². The van der Waals surface area contributed by atoms with E-state index < -0.39 is 11.4 Å². The smallest absolute Gasteiger partial charge is 0.225 e. The Hall–Kier alpha value is -0.650. The van der Waals surface area contributed by atoms with Gasteiger partial charge >= 0.3 is 0 Å². The maximum Gasteiger partial charge on any atom is 0.225 e. The van der Waals surface area contributed by atoms with Crippen LogP contribution in [0.1, 0.15) is 46.5 Å². The fraction of sp³-hybridized carbons (Fsp3) is 0.933. The number of carbonyl (C=O) groups is 1. The zero-order chi connectivity index (χ0) is 14.1. The molecule has 0 aromatic carbocycles. The predicted octanol–water partition coefficient (Wildman–Crippen LogP) is 1.97. The first-order valence-corrected chi connectivity index (χ1v) is 7.81. The summed E-state index contributed by atoms with van der Waals surface area (Å²) in [4.78, 5) is 23.9. The number of fused-ring (bicyclic) bond motifs is 2. The lowest BCUT2D eigenvalue weighted by atomic mass is 9.57. The van der Waals surface area contributed by atoms with Crippen LogP contribution in [0.2, 0.25) is 0 Å². The summed E-state index contributed by atoms with van der Waals surface area (Å²) in [6.45, 7) is 6.19. The SMILES string of the molecule is CC1CC[C@H]2[C@@H](C)C(=O)NC3O[C@]4(C)CCC1C32OO4.